The van der Waals surface area contributed by atoms with Crippen LogP contribution in [-0.2, 0) is 17.6 Å². The summed E-state index contributed by atoms with van der Waals surface area (Å²) in [6.07, 6.45) is 2.63. The number of carbonyl (C=O) groups is 3. The molecule has 2 saturated heterocycles. The second kappa shape index (κ2) is 7.79. The van der Waals surface area contributed by atoms with Gasteiger partial charge < -0.3 is 42.1 Å². The summed E-state index contributed by atoms with van der Waals surface area (Å²) in [4.78, 5) is 50.8. The van der Waals surface area contributed by atoms with Crippen LogP contribution in [0.15, 0.2) is 28.2 Å². The Hall–Kier alpha value is -3.91. The van der Waals surface area contributed by atoms with Gasteiger partial charge in [0, 0.05) is 19.2 Å². The number of guanidine groups is 2. The number of likely N-dealkylation sites (N-methyl/N-ethyl adjacent to an activating group) is 1. The predicted molar refractivity (Wildman–Crippen MR) is 130 cm³/mol. The molecule has 0 bridgehead atoms. The lowest BCUT2D eigenvalue weighted by molar-refractivity contribution is -0.230. The normalized spacial score (nSPS) is 31.5. The van der Waals surface area contributed by atoms with Crippen molar-refractivity contribution in [3.63, 3.8) is 0 Å². The molecule has 4 aliphatic heterocycles. The molecular formula is C23H29N9O5. The van der Waals surface area contributed by atoms with Crippen molar-refractivity contribution in [2.75, 3.05) is 26.7 Å². The van der Waals surface area contributed by atoms with E-state index in [9.17, 15) is 24.6 Å². The van der Waals surface area contributed by atoms with E-state index < -0.39 is 47.4 Å². The van der Waals surface area contributed by atoms with Crippen molar-refractivity contribution >= 4 is 29.8 Å². The fourth-order valence-electron chi connectivity index (χ4n) is 6.34. The minimum absolute atomic E-state index is 0.0593. The summed E-state index contributed by atoms with van der Waals surface area (Å²) in [6.45, 7) is -0.339. The highest BCUT2D eigenvalue weighted by atomic mass is 16.5. The molecule has 8 N–H and O–H groups in total. The Morgan fingerprint density at radius 2 is 2.03 bits per heavy atom. The topological polar surface area (TPSA) is 202 Å². The van der Waals surface area contributed by atoms with Gasteiger partial charge in [0.25, 0.3) is 5.91 Å². The van der Waals surface area contributed by atoms with Crippen molar-refractivity contribution in [1.82, 2.24) is 25.3 Å². The standard InChI is InChI=1S/C23H29N9O5/c1-30-10-16(33)31(21(30)35)8-14-17-22(29-19(24)28-17)23(36,37)15(9-32(22)20(25)26-14)27-18(34)13-7-3-5-11-4-2-6-12(11)13/h3,5,7,14-15,17,36-37H,2,4,6,8-10H2,1H3,(H2,25,26)(H,27,34)(H3,24,28,29)/t14-,15-,17-,22-/m0/s1. The average molecular weight is 512 g/mol. The molecule has 196 valence electrons. The second-order valence-corrected chi connectivity index (χ2v) is 10.2. The molecule has 0 saturated carbocycles. The molecule has 37 heavy (non-hydrogen) atoms. The fourth-order valence-corrected chi connectivity index (χ4v) is 6.34. The van der Waals surface area contributed by atoms with Gasteiger partial charge >= 0.3 is 6.03 Å². The predicted octanol–water partition coefficient (Wildman–Crippen LogP) is -3.16. The zero-order chi connectivity index (χ0) is 26.3. The van der Waals surface area contributed by atoms with E-state index in [0.29, 0.717) is 5.56 Å². The second-order valence-electron chi connectivity index (χ2n) is 10.2. The van der Waals surface area contributed by atoms with Gasteiger partial charge in [-0.2, -0.15) is 0 Å². The van der Waals surface area contributed by atoms with Gasteiger partial charge in [0.1, 0.15) is 18.6 Å². The van der Waals surface area contributed by atoms with E-state index in [0.717, 1.165) is 35.3 Å². The molecule has 4 heterocycles. The highest BCUT2D eigenvalue weighted by molar-refractivity contribution is 6.02. The van der Waals surface area contributed by atoms with Gasteiger partial charge in [0.05, 0.1) is 12.6 Å². The van der Waals surface area contributed by atoms with Crippen LogP contribution in [0, 0.1) is 0 Å². The number of aliphatic hydroxyl groups is 2. The van der Waals surface area contributed by atoms with E-state index in [1.807, 2.05) is 12.1 Å². The Bertz CT molecular complexity index is 1280. The molecule has 4 amide bonds. The third-order valence-corrected chi connectivity index (χ3v) is 8.10. The molecule has 0 unspecified atom stereocenters. The number of hydrogen-bond donors (Lipinski definition) is 6. The van der Waals surface area contributed by atoms with E-state index in [1.165, 1.54) is 16.8 Å². The molecule has 1 spiro atoms. The van der Waals surface area contributed by atoms with Crippen molar-refractivity contribution in [3.05, 3.63) is 34.9 Å². The van der Waals surface area contributed by atoms with E-state index in [1.54, 1.807) is 6.07 Å². The van der Waals surface area contributed by atoms with Gasteiger partial charge in [-0.3, -0.25) is 14.5 Å². The van der Waals surface area contributed by atoms with Gasteiger partial charge in [-0.25, -0.2) is 14.8 Å². The third-order valence-electron chi connectivity index (χ3n) is 8.10. The first-order chi connectivity index (χ1) is 17.5. The number of urea groups is 1. The molecule has 14 heteroatoms. The van der Waals surface area contributed by atoms with Crippen LogP contribution in [-0.4, -0.2) is 111 Å². The summed E-state index contributed by atoms with van der Waals surface area (Å²) in [5.74, 6) is -3.59. The van der Waals surface area contributed by atoms with Gasteiger partial charge in [0.2, 0.25) is 11.7 Å². The number of imide groups is 1. The lowest BCUT2D eigenvalue weighted by Crippen LogP contribution is -2.78. The minimum Gasteiger partial charge on any atom is -0.370 e. The quantitative estimate of drug-likeness (QED) is 0.178. The number of benzene rings is 1. The van der Waals surface area contributed by atoms with E-state index in [2.05, 4.69) is 20.6 Å². The smallest absolute Gasteiger partial charge is 0.327 e. The number of nitrogens with zero attached hydrogens (tertiary/aromatic N) is 5. The molecule has 5 aliphatic rings. The van der Waals surface area contributed by atoms with Crippen LogP contribution in [0.4, 0.5) is 4.79 Å². The lowest BCUT2D eigenvalue weighted by Gasteiger charge is -2.49. The SMILES string of the molecule is CN1CC(=O)N(C[C@@H]2N=C(N)N3C[C@H](NC(=O)c4cccc5c4CCC5)C(O)(O)[C@@]34NC(N)=N[C@@H]24)C1=O. The number of rotatable bonds is 4. The fraction of sp³-hybridized carbons (Fsp3) is 0.522. The maximum atomic E-state index is 13.3. The summed E-state index contributed by atoms with van der Waals surface area (Å²) in [5.41, 5.74) is 13.1. The van der Waals surface area contributed by atoms with Gasteiger partial charge in [-0.05, 0) is 36.5 Å². The Morgan fingerprint density at radius 3 is 2.76 bits per heavy atom. The molecule has 1 aliphatic carbocycles. The highest BCUT2D eigenvalue weighted by Crippen LogP contribution is 2.45. The minimum atomic E-state index is -2.61. The maximum absolute atomic E-state index is 13.3. The monoisotopic (exact) mass is 511 g/mol. The van der Waals surface area contributed by atoms with Crippen LogP contribution < -0.4 is 22.1 Å². The van der Waals surface area contributed by atoms with E-state index in [4.69, 9.17) is 11.5 Å². The number of carbonyl (C=O) groups excluding carboxylic acids is 3. The molecule has 0 radical (unpaired) electrons. The number of hydrogen-bond acceptors (Lipinski definition) is 11. The number of amides is 4. The van der Waals surface area contributed by atoms with Crippen LogP contribution in [0.1, 0.15) is 27.9 Å². The van der Waals surface area contributed by atoms with Crippen molar-refractivity contribution < 1.29 is 24.6 Å². The van der Waals surface area contributed by atoms with Crippen LogP contribution in [0.5, 0.6) is 0 Å². The van der Waals surface area contributed by atoms with Crippen LogP contribution in [0.3, 0.4) is 0 Å². The summed E-state index contributed by atoms with van der Waals surface area (Å²) in [5, 5.41) is 28.8. The molecule has 1 aromatic carbocycles. The highest BCUT2D eigenvalue weighted by Gasteiger charge is 2.73. The Balaban J connectivity index is 1.31. The molecule has 6 rings (SSSR count). The van der Waals surface area contributed by atoms with E-state index in [-0.39, 0.29) is 31.6 Å². The van der Waals surface area contributed by atoms with Crippen molar-refractivity contribution in [2.24, 2.45) is 21.5 Å². The van der Waals surface area contributed by atoms with Crippen molar-refractivity contribution in [2.45, 2.75) is 48.8 Å². The van der Waals surface area contributed by atoms with E-state index >= 15 is 0 Å². The molecule has 2 fully saturated rings. The molecule has 1 aromatic rings. The maximum Gasteiger partial charge on any atom is 0.327 e. The van der Waals surface area contributed by atoms with Crippen LogP contribution in [0.2, 0.25) is 0 Å². The lowest BCUT2D eigenvalue weighted by atomic mass is 9.84. The number of fused-ring (bicyclic) bond motifs is 1. The molecular weight excluding hydrogens is 482 g/mol. The van der Waals surface area contributed by atoms with Crippen LogP contribution >= 0.6 is 0 Å². The first-order valence-corrected chi connectivity index (χ1v) is 12.2. The van der Waals surface area contributed by atoms with Gasteiger partial charge in [-0.1, -0.05) is 12.1 Å². The Labute approximate surface area is 212 Å². The summed E-state index contributed by atoms with van der Waals surface area (Å²) < 4.78 is 0. The average Bonchev–Trinajstić information content (AvgIpc) is 3.57. The zero-order valence-corrected chi connectivity index (χ0v) is 20.2. The molecule has 4 atom stereocenters. The van der Waals surface area contributed by atoms with Crippen molar-refractivity contribution in [3.8, 4) is 0 Å². The Kier molecular flexibility index (Phi) is 4.95. The van der Waals surface area contributed by atoms with Gasteiger partial charge in [-0.15, -0.1) is 0 Å². The zero-order valence-electron chi connectivity index (χ0n) is 20.2. The van der Waals surface area contributed by atoms with Crippen molar-refractivity contribution in [1.29, 1.82) is 0 Å². The Morgan fingerprint density at radius 1 is 1.24 bits per heavy atom. The molecule has 0 aromatic heterocycles. The summed E-state index contributed by atoms with van der Waals surface area (Å²) in [7, 11) is 1.51. The largest absolute Gasteiger partial charge is 0.370 e. The van der Waals surface area contributed by atoms with Crippen LogP contribution in [0.25, 0.3) is 0 Å². The first kappa shape index (κ1) is 23.5. The molecule has 14 nitrogen and oxygen atoms in total. The number of nitrogens with two attached hydrogens (primary N) is 2. The number of aliphatic imine (C=N–C) groups is 2. The summed E-state index contributed by atoms with van der Waals surface area (Å²) >= 11 is 0. The number of nitrogens with one attached hydrogen (secondary N) is 2. The third kappa shape index (κ3) is 3.15. The van der Waals surface area contributed by atoms with Gasteiger partial charge in [0.15, 0.2) is 17.6 Å². The first-order valence-electron chi connectivity index (χ1n) is 12.2. The number of aryl methyl sites for hydroxylation is 1. The summed E-state index contributed by atoms with van der Waals surface area (Å²) in [6, 6.07) is 1.91.